The van der Waals surface area contributed by atoms with Crippen LogP contribution >= 0.6 is 0 Å². The molecule has 1 unspecified atom stereocenters. The summed E-state index contributed by atoms with van der Waals surface area (Å²) < 4.78 is 12.9. The van der Waals surface area contributed by atoms with Crippen molar-refractivity contribution in [2.45, 2.75) is 32.6 Å². The molecular weight excluding hydrogens is 194 g/mol. The molecule has 1 aliphatic heterocycles. The third-order valence-electron chi connectivity index (χ3n) is 1.94. The Balaban J connectivity index is 0.000000531. The van der Waals surface area contributed by atoms with Crippen molar-refractivity contribution in [2.75, 3.05) is 13.7 Å². The number of hydrogen-bond acceptors (Lipinski definition) is 4. The molecule has 1 aromatic rings. The molecule has 0 saturated heterocycles. The molecule has 0 amide bonds. The lowest BCUT2D eigenvalue weighted by Gasteiger charge is -2.25. The summed E-state index contributed by atoms with van der Waals surface area (Å²) >= 11 is 0. The SMILES string of the molecule is CC(C)OC1COc2ccnn2C1.CN. The van der Waals surface area contributed by atoms with E-state index in [9.17, 15) is 0 Å². The fraction of sp³-hybridized carbons (Fsp3) is 0.700. The van der Waals surface area contributed by atoms with Gasteiger partial charge < -0.3 is 15.2 Å². The highest BCUT2D eigenvalue weighted by molar-refractivity contribution is 5.09. The highest BCUT2D eigenvalue weighted by Crippen LogP contribution is 2.17. The molecule has 5 nitrogen and oxygen atoms in total. The van der Waals surface area contributed by atoms with Crippen LogP contribution in [0.2, 0.25) is 0 Å². The molecule has 0 bridgehead atoms. The van der Waals surface area contributed by atoms with Gasteiger partial charge in [0.15, 0.2) is 0 Å². The molecule has 1 aliphatic rings. The van der Waals surface area contributed by atoms with Gasteiger partial charge in [-0.25, -0.2) is 4.68 Å². The van der Waals surface area contributed by atoms with E-state index in [1.54, 1.807) is 6.20 Å². The van der Waals surface area contributed by atoms with E-state index in [1.165, 1.54) is 7.05 Å². The van der Waals surface area contributed by atoms with Crippen LogP contribution in [-0.4, -0.2) is 35.6 Å². The van der Waals surface area contributed by atoms with Crippen molar-refractivity contribution in [2.24, 2.45) is 5.73 Å². The average Bonchev–Trinajstić information content (AvgIpc) is 2.67. The van der Waals surface area contributed by atoms with Crippen LogP contribution in [0.1, 0.15) is 13.8 Å². The molecule has 15 heavy (non-hydrogen) atoms. The zero-order chi connectivity index (χ0) is 11.3. The van der Waals surface area contributed by atoms with Crippen molar-refractivity contribution in [3.8, 4) is 5.88 Å². The quantitative estimate of drug-likeness (QED) is 0.783. The fourth-order valence-electron chi connectivity index (χ4n) is 1.47. The van der Waals surface area contributed by atoms with E-state index < -0.39 is 0 Å². The average molecular weight is 213 g/mol. The molecule has 2 heterocycles. The van der Waals surface area contributed by atoms with Gasteiger partial charge >= 0.3 is 0 Å². The summed E-state index contributed by atoms with van der Waals surface area (Å²) in [5.41, 5.74) is 4.50. The number of fused-ring (bicyclic) bond motifs is 1. The van der Waals surface area contributed by atoms with Crippen molar-refractivity contribution in [3.63, 3.8) is 0 Å². The molecule has 1 atom stereocenters. The Labute approximate surface area is 90.2 Å². The maximum Gasteiger partial charge on any atom is 0.211 e. The molecule has 0 saturated carbocycles. The van der Waals surface area contributed by atoms with Crippen molar-refractivity contribution in [1.82, 2.24) is 9.78 Å². The third-order valence-corrected chi connectivity index (χ3v) is 1.94. The van der Waals surface area contributed by atoms with E-state index in [0.29, 0.717) is 6.61 Å². The van der Waals surface area contributed by atoms with Gasteiger partial charge in [0.2, 0.25) is 5.88 Å². The summed E-state index contributed by atoms with van der Waals surface area (Å²) in [6, 6.07) is 1.87. The minimum Gasteiger partial charge on any atom is -0.475 e. The van der Waals surface area contributed by atoms with E-state index in [0.717, 1.165) is 12.4 Å². The van der Waals surface area contributed by atoms with Gasteiger partial charge in [0.25, 0.3) is 0 Å². The Morgan fingerprint density at radius 1 is 1.60 bits per heavy atom. The molecular formula is C10H19N3O2. The Hall–Kier alpha value is -1.07. The van der Waals surface area contributed by atoms with Crippen LogP contribution in [0.3, 0.4) is 0 Å². The third kappa shape index (κ3) is 3.21. The molecule has 0 aliphatic carbocycles. The van der Waals surface area contributed by atoms with Crippen LogP contribution < -0.4 is 10.5 Å². The van der Waals surface area contributed by atoms with Gasteiger partial charge in [0.05, 0.1) is 18.8 Å². The lowest BCUT2D eigenvalue weighted by molar-refractivity contribution is -0.0436. The molecule has 86 valence electrons. The van der Waals surface area contributed by atoms with E-state index in [2.05, 4.69) is 10.8 Å². The van der Waals surface area contributed by atoms with E-state index in [1.807, 2.05) is 24.6 Å². The van der Waals surface area contributed by atoms with Gasteiger partial charge in [-0.1, -0.05) is 0 Å². The molecule has 1 aromatic heterocycles. The van der Waals surface area contributed by atoms with Gasteiger partial charge in [-0.3, -0.25) is 0 Å². The summed E-state index contributed by atoms with van der Waals surface area (Å²) in [6.45, 7) is 5.47. The number of aromatic nitrogens is 2. The Morgan fingerprint density at radius 2 is 2.33 bits per heavy atom. The summed E-state index contributed by atoms with van der Waals surface area (Å²) in [6.07, 6.45) is 2.12. The van der Waals surface area contributed by atoms with Gasteiger partial charge in [-0.15, -0.1) is 0 Å². The minimum atomic E-state index is 0.132. The predicted octanol–water partition coefficient (Wildman–Crippen LogP) is 0.644. The minimum absolute atomic E-state index is 0.132. The number of rotatable bonds is 2. The summed E-state index contributed by atoms with van der Waals surface area (Å²) in [5, 5.41) is 4.13. The number of ether oxygens (including phenoxy) is 2. The van der Waals surface area contributed by atoms with Crippen molar-refractivity contribution in [3.05, 3.63) is 12.3 Å². The molecule has 5 heteroatoms. The maximum absolute atomic E-state index is 5.63. The normalized spacial score (nSPS) is 18.9. The first-order valence-corrected chi connectivity index (χ1v) is 5.13. The van der Waals surface area contributed by atoms with Crippen LogP contribution in [0.25, 0.3) is 0 Å². The summed E-state index contributed by atoms with van der Waals surface area (Å²) in [7, 11) is 1.50. The first-order chi connectivity index (χ1) is 7.25. The number of nitrogens with two attached hydrogens (primary N) is 1. The zero-order valence-electron chi connectivity index (χ0n) is 9.51. The second-order valence-corrected chi connectivity index (χ2v) is 3.47. The van der Waals surface area contributed by atoms with Crippen LogP contribution in [0, 0.1) is 0 Å². The lowest BCUT2D eigenvalue weighted by Crippen LogP contribution is -2.34. The van der Waals surface area contributed by atoms with Crippen molar-refractivity contribution < 1.29 is 9.47 Å². The van der Waals surface area contributed by atoms with Crippen LogP contribution in [0.4, 0.5) is 0 Å². The zero-order valence-corrected chi connectivity index (χ0v) is 9.51. The molecule has 0 aromatic carbocycles. The van der Waals surface area contributed by atoms with E-state index in [-0.39, 0.29) is 12.2 Å². The van der Waals surface area contributed by atoms with Crippen LogP contribution in [0.5, 0.6) is 5.88 Å². The van der Waals surface area contributed by atoms with Crippen LogP contribution in [0.15, 0.2) is 12.3 Å². The molecule has 0 radical (unpaired) electrons. The van der Waals surface area contributed by atoms with Crippen molar-refractivity contribution in [1.29, 1.82) is 0 Å². The number of hydrogen-bond donors (Lipinski definition) is 1. The fourth-order valence-corrected chi connectivity index (χ4v) is 1.47. The van der Waals surface area contributed by atoms with Gasteiger partial charge in [0.1, 0.15) is 12.7 Å². The summed E-state index contributed by atoms with van der Waals surface area (Å²) in [5.74, 6) is 0.837. The molecule has 0 spiro atoms. The molecule has 0 fully saturated rings. The largest absolute Gasteiger partial charge is 0.475 e. The predicted molar refractivity (Wildman–Crippen MR) is 57.8 cm³/mol. The Kier molecular flexibility index (Phi) is 4.58. The molecule has 2 N–H and O–H groups in total. The number of nitrogens with zero attached hydrogens (tertiary/aromatic N) is 2. The second kappa shape index (κ2) is 5.72. The monoisotopic (exact) mass is 213 g/mol. The Bertz CT molecular complexity index is 286. The van der Waals surface area contributed by atoms with E-state index in [4.69, 9.17) is 9.47 Å². The smallest absolute Gasteiger partial charge is 0.211 e. The lowest BCUT2D eigenvalue weighted by atomic mass is 10.3. The van der Waals surface area contributed by atoms with Gasteiger partial charge in [-0.2, -0.15) is 5.10 Å². The topological polar surface area (TPSA) is 62.3 Å². The maximum atomic E-state index is 5.63. The summed E-state index contributed by atoms with van der Waals surface area (Å²) in [4.78, 5) is 0. The second-order valence-electron chi connectivity index (χ2n) is 3.47. The van der Waals surface area contributed by atoms with Crippen LogP contribution in [-0.2, 0) is 11.3 Å². The first kappa shape index (κ1) is 12.0. The van der Waals surface area contributed by atoms with E-state index >= 15 is 0 Å². The molecule has 2 rings (SSSR count). The van der Waals surface area contributed by atoms with Crippen molar-refractivity contribution >= 4 is 0 Å². The standard InChI is InChI=1S/C9H14N2O2.CH5N/c1-7(2)13-8-5-11-9(12-6-8)3-4-10-11;1-2/h3-4,7-8H,5-6H2,1-2H3;2H2,1H3. The highest BCUT2D eigenvalue weighted by Gasteiger charge is 2.20. The Morgan fingerprint density at radius 3 is 3.00 bits per heavy atom. The highest BCUT2D eigenvalue weighted by atomic mass is 16.5. The van der Waals surface area contributed by atoms with Gasteiger partial charge in [0, 0.05) is 6.07 Å². The first-order valence-electron chi connectivity index (χ1n) is 5.13. The van der Waals surface area contributed by atoms with Gasteiger partial charge in [-0.05, 0) is 20.9 Å².